The molecular formula is C8H17NO. The van der Waals surface area contributed by atoms with Gasteiger partial charge in [-0.3, -0.25) is 0 Å². The minimum absolute atomic E-state index is 0.0503. The smallest absolute Gasteiger partial charge is 0.0828 e. The lowest BCUT2D eigenvalue weighted by molar-refractivity contribution is -0.0904. The lowest BCUT2D eigenvalue weighted by Gasteiger charge is -2.44. The van der Waals surface area contributed by atoms with Crippen molar-refractivity contribution in [2.24, 2.45) is 5.73 Å². The molecule has 60 valence electrons. The Hall–Kier alpha value is -0.0800. The van der Waals surface area contributed by atoms with E-state index in [1.165, 1.54) is 6.42 Å². The number of ether oxygens (including phenoxy) is 1. The minimum Gasteiger partial charge on any atom is -0.377 e. The highest BCUT2D eigenvalue weighted by Gasteiger charge is 2.41. The molecule has 2 N–H and O–H groups in total. The Morgan fingerprint density at radius 1 is 1.60 bits per heavy atom. The Balaban J connectivity index is 2.46. The van der Waals surface area contributed by atoms with E-state index in [0.29, 0.717) is 0 Å². The van der Waals surface area contributed by atoms with E-state index in [1.54, 1.807) is 7.11 Å². The monoisotopic (exact) mass is 143 g/mol. The van der Waals surface area contributed by atoms with E-state index in [4.69, 9.17) is 10.5 Å². The molecule has 10 heavy (non-hydrogen) atoms. The molecule has 1 saturated carbocycles. The highest BCUT2D eigenvalue weighted by molar-refractivity contribution is 4.97. The summed E-state index contributed by atoms with van der Waals surface area (Å²) >= 11 is 0. The van der Waals surface area contributed by atoms with E-state index in [0.717, 1.165) is 19.3 Å². The zero-order chi connectivity index (χ0) is 7.61. The summed E-state index contributed by atoms with van der Waals surface area (Å²) in [5, 5.41) is 0. The van der Waals surface area contributed by atoms with Crippen molar-refractivity contribution in [1.29, 1.82) is 0 Å². The number of hydrogen-bond donors (Lipinski definition) is 1. The quantitative estimate of drug-likeness (QED) is 0.646. The molecule has 0 aromatic carbocycles. The highest BCUT2D eigenvalue weighted by Crippen LogP contribution is 2.37. The van der Waals surface area contributed by atoms with Gasteiger partial charge in [-0.05, 0) is 25.7 Å². The third-order valence-electron chi connectivity index (χ3n) is 2.72. The average molecular weight is 143 g/mol. The SMILES string of the molecule is CC[C@@H](N)C1(OC)CCC1. The van der Waals surface area contributed by atoms with Gasteiger partial charge in [0.15, 0.2) is 0 Å². The molecular weight excluding hydrogens is 126 g/mol. The lowest BCUT2D eigenvalue weighted by Crippen LogP contribution is -2.54. The van der Waals surface area contributed by atoms with E-state index in [9.17, 15) is 0 Å². The molecule has 1 fully saturated rings. The molecule has 1 rings (SSSR count). The molecule has 0 aromatic rings. The fraction of sp³-hybridized carbons (Fsp3) is 1.00. The normalized spacial score (nSPS) is 25.5. The van der Waals surface area contributed by atoms with Gasteiger partial charge >= 0.3 is 0 Å². The van der Waals surface area contributed by atoms with Crippen LogP contribution >= 0.6 is 0 Å². The van der Waals surface area contributed by atoms with Gasteiger partial charge in [-0.1, -0.05) is 6.92 Å². The maximum absolute atomic E-state index is 5.90. The molecule has 1 atom stereocenters. The topological polar surface area (TPSA) is 35.2 Å². The van der Waals surface area contributed by atoms with Crippen LogP contribution in [0.1, 0.15) is 32.6 Å². The van der Waals surface area contributed by atoms with E-state index >= 15 is 0 Å². The zero-order valence-electron chi connectivity index (χ0n) is 6.89. The van der Waals surface area contributed by atoms with Crippen molar-refractivity contribution in [1.82, 2.24) is 0 Å². The minimum atomic E-state index is 0.0503. The molecule has 2 heteroatoms. The Morgan fingerprint density at radius 2 is 2.20 bits per heavy atom. The molecule has 0 heterocycles. The maximum Gasteiger partial charge on any atom is 0.0828 e. The van der Waals surface area contributed by atoms with Crippen LogP contribution in [0.3, 0.4) is 0 Å². The first-order valence-electron chi connectivity index (χ1n) is 4.06. The summed E-state index contributed by atoms with van der Waals surface area (Å²) in [5.74, 6) is 0. The third-order valence-corrected chi connectivity index (χ3v) is 2.72. The van der Waals surface area contributed by atoms with Gasteiger partial charge in [-0.25, -0.2) is 0 Å². The van der Waals surface area contributed by atoms with Crippen molar-refractivity contribution in [2.45, 2.75) is 44.2 Å². The average Bonchev–Trinajstić information content (AvgIpc) is 1.86. The molecule has 0 amide bonds. The van der Waals surface area contributed by atoms with Crippen LogP contribution in [0.4, 0.5) is 0 Å². The second-order valence-electron chi connectivity index (χ2n) is 3.14. The van der Waals surface area contributed by atoms with E-state index in [2.05, 4.69) is 6.92 Å². The predicted octanol–water partition coefficient (Wildman–Crippen LogP) is 1.29. The fourth-order valence-corrected chi connectivity index (χ4v) is 1.62. The largest absolute Gasteiger partial charge is 0.377 e. The van der Waals surface area contributed by atoms with Crippen LogP contribution in [0.2, 0.25) is 0 Å². The molecule has 0 aromatic heterocycles. The Bertz CT molecular complexity index is 104. The van der Waals surface area contributed by atoms with E-state index < -0.39 is 0 Å². The Labute approximate surface area is 62.7 Å². The summed E-state index contributed by atoms with van der Waals surface area (Å²) in [5.41, 5.74) is 5.95. The summed E-state index contributed by atoms with van der Waals surface area (Å²) in [6.45, 7) is 2.11. The van der Waals surface area contributed by atoms with Gasteiger partial charge in [0.2, 0.25) is 0 Å². The zero-order valence-corrected chi connectivity index (χ0v) is 6.89. The molecule has 0 unspecified atom stereocenters. The second kappa shape index (κ2) is 2.89. The molecule has 0 saturated heterocycles. The van der Waals surface area contributed by atoms with Crippen LogP contribution in [0.15, 0.2) is 0 Å². The first-order valence-corrected chi connectivity index (χ1v) is 4.06. The summed E-state index contributed by atoms with van der Waals surface area (Å²) in [6.07, 6.45) is 4.60. The standard InChI is InChI=1S/C8H17NO/c1-3-7(9)8(10-2)5-4-6-8/h7H,3-6,9H2,1-2H3/t7-/m1/s1. The van der Waals surface area contributed by atoms with Crippen LogP contribution < -0.4 is 5.73 Å². The fourth-order valence-electron chi connectivity index (χ4n) is 1.62. The summed E-state index contributed by atoms with van der Waals surface area (Å²) < 4.78 is 5.40. The molecule has 0 radical (unpaired) electrons. The molecule has 0 bridgehead atoms. The summed E-state index contributed by atoms with van der Waals surface area (Å²) in [7, 11) is 1.77. The lowest BCUT2D eigenvalue weighted by atomic mass is 9.74. The molecule has 1 aliphatic carbocycles. The molecule has 1 aliphatic rings. The van der Waals surface area contributed by atoms with Gasteiger partial charge in [0, 0.05) is 13.2 Å². The first-order chi connectivity index (χ1) is 4.75. The van der Waals surface area contributed by atoms with Crippen molar-refractivity contribution < 1.29 is 4.74 Å². The van der Waals surface area contributed by atoms with Crippen molar-refractivity contribution in [2.75, 3.05) is 7.11 Å². The number of rotatable bonds is 3. The molecule has 2 nitrogen and oxygen atoms in total. The highest BCUT2D eigenvalue weighted by atomic mass is 16.5. The summed E-state index contributed by atoms with van der Waals surface area (Å²) in [4.78, 5) is 0. The van der Waals surface area contributed by atoms with Crippen molar-refractivity contribution in [3.63, 3.8) is 0 Å². The van der Waals surface area contributed by atoms with Crippen molar-refractivity contribution in [3.05, 3.63) is 0 Å². The van der Waals surface area contributed by atoms with Crippen LogP contribution in [-0.2, 0) is 4.74 Å². The van der Waals surface area contributed by atoms with Gasteiger partial charge in [0.1, 0.15) is 0 Å². The van der Waals surface area contributed by atoms with Crippen LogP contribution in [0, 0.1) is 0 Å². The summed E-state index contributed by atoms with van der Waals surface area (Å²) in [6, 6.07) is 0.242. The first kappa shape index (κ1) is 8.02. The predicted molar refractivity (Wildman–Crippen MR) is 41.9 cm³/mol. The van der Waals surface area contributed by atoms with Crippen LogP contribution in [0.25, 0.3) is 0 Å². The van der Waals surface area contributed by atoms with Crippen molar-refractivity contribution >= 4 is 0 Å². The molecule has 0 spiro atoms. The number of methoxy groups -OCH3 is 1. The third kappa shape index (κ3) is 1.06. The van der Waals surface area contributed by atoms with Gasteiger partial charge in [-0.15, -0.1) is 0 Å². The van der Waals surface area contributed by atoms with Gasteiger partial charge in [0.25, 0.3) is 0 Å². The van der Waals surface area contributed by atoms with Gasteiger partial charge in [-0.2, -0.15) is 0 Å². The van der Waals surface area contributed by atoms with E-state index in [1.807, 2.05) is 0 Å². The van der Waals surface area contributed by atoms with E-state index in [-0.39, 0.29) is 11.6 Å². The Kier molecular flexibility index (Phi) is 2.32. The maximum atomic E-state index is 5.90. The van der Waals surface area contributed by atoms with Gasteiger partial charge < -0.3 is 10.5 Å². The number of nitrogens with two attached hydrogens (primary N) is 1. The second-order valence-corrected chi connectivity index (χ2v) is 3.14. The molecule has 0 aliphatic heterocycles. The Morgan fingerprint density at radius 3 is 2.30 bits per heavy atom. The van der Waals surface area contributed by atoms with Crippen LogP contribution in [0.5, 0.6) is 0 Å². The number of hydrogen-bond acceptors (Lipinski definition) is 2. The van der Waals surface area contributed by atoms with Crippen LogP contribution in [-0.4, -0.2) is 18.8 Å². The van der Waals surface area contributed by atoms with Crippen molar-refractivity contribution in [3.8, 4) is 0 Å². The van der Waals surface area contributed by atoms with Gasteiger partial charge in [0.05, 0.1) is 5.60 Å².